The van der Waals surface area contributed by atoms with Crippen molar-refractivity contribution in [1.29, 1.82) is 0 Å². The van der Waals surface area contributed by atoms with Crippen LogP contribution in [0.25, 0.3) is 11.4 Å². The Kier molecular flexibility index (Phi) is 6.76. The average Bonchev–Trinajstić information content (AvgIpc) is 3.53. The highest BCUT2D eigenvalue weighted by Gasteiger charge is 2.21. The summed E-state index contributed by atoms with van der Waals surface area (Å²) in [6.07, 6.45) is 2.94. The van der Waals surface area contributed by atoms with Crippen LogP contribution in [0.4, 0.5) is 0 Å². The van der Waals surface area contributed by atoms with Crippen molar-refractivity contribution in [3.05, 3.63) is 59.5 Å². The summed E-state index contributed by atoms with van der Waals surface area (Å²) in [5, 5.41) is 4.11. The molecule has 8 nitrogen and oxygen atoms in total. The molecular formula is C26H30N4O4. The van der Waals surface area contributed by atoms with Crippen LogP contribution in [0.15, 0.2) is 47.0 Å². The Bertz CT molecular complexity index is 1120. The molecule has 0 radical (unpaired) electrons. The second-order valence-corrected chi connectivity index (χ2v) is 8.89. The summed E-state index contributed by atoms with van der Waals surface area (Å²) in [4.78, 5) is 21.6. The standard InChI is InChI=1S/C26H30N4O4/c1-19-4-8-21(9-5-19)26-27-24(34-28-26)3-2-12-29-13-15-30(16-14-29)25(31)11-7-20-6-10-22-23(17-20)33-18-32-22/h4-6,8-10,17H,2-3,7,11-16,18H2,1H3. The quantitative estimate of drug-likeness (QED) is 0.507. The number of rotatable bonds is 8. The zero-order valence-corrected chi connectivity index (χ0v) is 19.5. The number of fused-ring (bicyclic) bond motifs is 1. The van der Waals surface area contributed by atoms with E-state index in [2.05, 4.69) is 22.0 Å². The van der Waals surface area contributed by atoms with Crippen LogP contribution in [0.5, 0.6) is 11.5 Å². The first-order valence-corrected chi connectivity index (χ1v) is 11.9. The van der Waals surface area contributed by atoms with E-state index < -0.39 is 0 Å². The molecule has 0 unspecified atom stereocenters. The van der Waals surface area contributed by atoms with Crippen LogP contribution < -0.4 is 9.47 Å². The smallest absolute Gasteiger partial charge is 0.231 e. The predicted octanol–water partition coefficient (Wildman–Crippen LogP) is 3.48. The van der Waals surface area contributed by atoms with Gasteiger partial charge in [0.15, 0.2) is 11.5 Å². The van der Waals surface area contributed by atoms with E-state index >= 15 is 0 Å². The first kappa shape index (κ1) is 22.4. The summed E-state index contributed by atoms with van der Waals surface area (Å²) in [5.41, 5.74) is 3.28. The summed E-state index contributed by atoms with van der Waals surface area (Å²) < 4.78 is 16.2. The summed E-state index contributed by atoms with van der Waals surface area (Å²) in [6, 6.07) is 14.0. The topological polar surface area (TPSA) is 80.9 Å². The van der Waals surface area contributed by atoms with E-state index in [9.17, 15) is 4.79 Å². The number of carbonyl (C=O) groups is 1. The number of amides is 1. The highest BCUT2D eigenvalue weighted by atomic mass is 16.7. The molecule has 1 amide bonds. The first-order valence-electron chi connectivity index (χ1n) is 11.9. The van der Waals surface area contributed by atoms with Crippen LogP contribution in [0.2, 0.25) is 0 Å². The highest BCUT2D eigenvalue weighted by Crippen LogP contribution is 2.32. The minimum absolute atomic E-state index is 0.215. The number of aromatic nitrogens is 2. The van der Waals surface area contributed by atoms with Gasteiger partial charge in [-0.1, -0.05) is 41.1 Å². The fourth-order valence-corrected chi connectivity index (χ4v) is 4.36. The highest BCUT2D eigenvalue weighted by molar-refractivity contribution is 5.76. The molecule has 8 heteroatoms. The molecule has 2 aromatic carbocycles. The third-order valence-corrected chi connectivity index (χ3v) is 6.43. The van der Waals surface area contributed by atoms with Crippen LogP contribution in [-0.4, -0.2) is 65.4 Å². The number of piperazine rings is 1. The van der Waals surface area contributed by atoms with E-state index in [0.717, 1.165) is 68.2 Å². The van der Waals surface area contributed by atoms with Gasteiger partial charge in [-0.2, -0.15) is 4.98 Å². The van der Waals surface area contributed by atoms with E-state index in [1.165, 1.54) is 5.56 Å². The first-order chi connectivity index (χ1) is 16.6. The molecule has 0 bridgehead atoms. The number of nitrogens with zero attached hydrogens (tertiary/aromatic N) is 4. The zero-order valence-electron chi connectivity index (χ0n) is 19.5. The van der Waals surface area contributed by atoms with Crippen molar-refractivity contribution in [3.8, 4) is 22.9 Å². The Morgan fingerprint density at radius 2 is 1.76 bits per heavy atom. The van der Waals surface area contributed by atoms with E-state index in [-0.39, 0.29) is 12.7 Å². The van der Waals surface area contributed by atoms with Crippen molar-refractivity contribution < 1.29 is 18.8 Å². The van der Waals surface area contributed by atoms with Crippen molar-refractivity contribution >= 4 is 5.91 Å². The molecule has 1 fully saturated rings. The van der Waals surface area contributed by atoms with E-state index in [4.69, 9.17) is 14.0 Å². The molecule has 0 N–H and O–H groups in total. The Morgan fingerprint density at radius 3 is 2.59 bits per heavy atom. The van der Waals surface area contributed by atoms with Crippen molar-refractivity contribution in [3.63, 3.8) is 0 Å². The maximum absolute atomic E-state index is 12.7. The average molecular weight is 463 g/mol. The molecule has 34 heavy (non-hydrogen) atoms. The van der Waals surface area contributed by atoms with Crippen LogP contribution in [-0.2, 0) is 17.6 Å². The van der Waals surface area contributed by atoms with Gasteiger partial charge < -0.3 is 18.9 Å². The molecule has 0 aliphatic carbocycles. The molecule has 0 atom stereocenters. The maximum Gasteiger partial charge on any atom is 0.231 e. The molecule has 1 aromatic heterocycles. The molecule has 3 aromatic rings. The molecule has 2 aliphatic heterocycles. The number of hydrogen-bond acceptors (Lipinski definition) is 7. The molecule has 1 saturated heterocycles. The van der Waals surface area contributed by atoms with Crippen LogP contribution >= 0.6 is 0 Å². The van der Waals surface area contributed by atoms with Gasteiger partial charge in [0.1, 0.15) is 0 Å². The minimum Gasteiger partial charge on any atom is -0.454 e. The monoisotopic (exact) mass is 462 g/mol. The third kappa shape index (κ3) is 5.39. The largest absolute Gasteiger partial charge is 0.454 e. The Morgan fingerprint density at radius 1 is 0.971 bits per heavy atom. The molecule has 2 aliphatic rings. The van der Waals surface area contributed by atoms with Gasteiger partial charge in [-0.3, -0.25) is 9.69 Å². The summed E-state index contributed by atoms with van der Waals surface area (Å²) in [7, 11) is 0. The lowest BCUT2D eigenvalue weighted by Gasteiger charge is -2.34. The number of benzene rings is 2. The number of hydrogen-bond donors (Lipinski definition) is 0. The lowest BCUT2D eigenvalue weighted by Crippen LogP contribution is -2.48. The second kappa shape index (κ2) is 10.3. The van der Waals surface area contributed by atoms with Crippen LogP contribution in [0, 0.1) is 6.92 Å². The SMILES string of the molecule is Cc1ccc(-c2noc(CCCN3CCN(C(=O)CCc4ccc5c(c4)OCO5)CC3)n2)cc1. The lowest BCUT2D eigenvalue weighted by molar-refractivity contribution is -0.132. The molecule has 5 rings (SSSR count). The third-order valence-electron chi connectivity index (χ3n) is 6.43. The second-order valence-electron chi connectivity index (χ2n) is 8.89. The van der Waals surface area contributed by atoms with Gasteiger partial charge in [-0.05, 0) is 44.0 Å². The van der Waals surface area contributed by atoms with E-state index in [1.807, 2.05) is 47.4 Å². The van der Waals surface area contributed by atoms with Gasteiger partial charge in [-0.15, -0.1) is 0 Å². The lowest BCUT2D eigenvalue weighted by atomic mass is 10.1. The van der Waals surface area contributed by atoms with Crippen LogP contribution in [0.3, 0.4) is 0 Å². The molecule has 0 saturated carbocycles. The Balaban J connectivity index is 1.01. The van der Waals surface area contributed by atoms with Gasteiger partial charge in [0, 0.05) is 44.6 Å². The summed E-state index contributed by atoms with van der Waals surface area (Å²) in [6.45, 7) is 6.63. The van der Waals surface area contributed by atoms with Crippen molar-refractivity contribution in [2.45, 2.75) is 32.6 Å². The van der Waals surface area contributed by atoms with Crippen LogP contribution in [0.1, 0.15) is 29.9 Å². The van der Waals surface area contributed by atoms with Gasteiger partial charge in [0.05, 0.1) is 0 Å². The zero-order chi connectivity index (χ0) is 23.3. The Labute approximate surface area is 199 Å². The number of aryl methyl sites for hydroxylation is 3. The van der Waals surface area contributed by atoms with Gasteiger partial charge >= 0.3 is 0 Å². The van der Waals surface area contributed by atoms with Crippen molar-refractivity contribution in [2.75, 3.05) is 39.5 Å². The van der Waals surface area contributed by atoms with Gasteiger partial charge in [0.25, 0.3) is 0 Å². The molecular weight excluding hydrogens is 432 g/mol. The summed E-state index contributed by atoms with van der Waals surface area (Å²) >= 11 is 0. The molecule has 0 spiro atoms. The fraction of sp³-hybridized carbons (Fsp3) is 0.423. The van der Waals surface area contributed by atoms with Gasteiger partial charge in [-0.25, -0.2) is 0 Å². The van der Waals surface area contributed by atoms with Crippen molar-refractivity contribution in [1.82, 2.24) is 19.9 Å². The molecule has 178 valence electrons. The number of ether oxygens (including phenoxy) is 2. The van der Waals surface area contributed by atoms with E-state index in [0.29, 0.717) is 24.6 Å². The number of carbonyl (C=O) groups excluding carboxylic acids is 1. The maximum atomic E-state index is 12.7. The fourth-order valence-electron chi connectivity index (χ4n) is 4.36. The Hall–Kier alpha value is -3.39. The normalized spacial score (nSPS) is 15.6. The van der Waals surface area contributed by atoms with Crippen molar-refractivity contribution in [2.24, 2.45) is 0 Å². The summed E-state index contributed by atoms with van der Waals surface area (Å²) in [5.74, 6) is 3.07. The predicted molar refractivity (Wildman–Crippen MR) is 127 cm³/mol. The van der Waals surface area contributed by atoms with Gasteiger partial charge in [0.2, 0.25) is 24.4 Å². The van der Waals surface area contributed by atoms with E-state index in [1.54, 1.807) is 0 Å². The minimum atomic E-state index is 0.215. The molecule has 3 heterocycles.